The van der Waals surface area contributed by atoms with Gasteiger partial charge >= 0.3 is 0 Å². The van der Waals surface area contributed by atoms with Crippen LogP contribution in [0.1, 0.15) is 23.1 Å². The molecule has 3 rings (SSSR count). The number of rotatable bonds is 3. The van der Waals surface area contributed by atoms with Crippen LogP contribution in [0.3, 0.4) is 0 Å². The largest absolute Gasteiger partial charge is 0.373 e. The van der Waals surface area contributed by atoms with Crippen molar-refractivity contribution in [3.05, 3.63) is 58.9 Å². The summed E-state index contributed by atoms with van der Waals surface area (Å²) >= 11 is 0. The Bertz CT molecular complexity index is 792. The van der Waals surface area contributed by atoms with E-state index >= 15 is 0 Å². The van der Waals surface area contributed by atoms with E-state index in [-0.39, 0.29) is 18.2 Å². The Hall–Kier alpha value is -2.69. The van der Waals surface area contributed by atoms with Crippen LogP contribution in [0.15, 0.2) is 36.4 Å². The summed E-state index contributed by atoms with van der Waals surface area (Å²) in [7, 11) is 0. The van der Waals surface area contributed by atoms with E-state index in [1.54, 1.807) is 0 Å². The van der Waals surface area contributed by atoms with Crippen molar-refractivity contribution in [3.8, 4) is 0 Å². The summed E-state index contributed by atoms with van der Waals surface area (Å²) in [4.78, 5) is 26.0. The van der Waals surface area contributed by atoms with Crippen LogP contribution in [-0.4, -0.2) is 17.9 Å². The molecule has 1 saturated heterocycles. The third-order valence-corrected chi connectivity index (χ3v) is 4.23. The first-order chi connectivity index (χ1) is 11.4. The van der Waals surface area contributed by atoms with E-state index in [1.807, 2.05) is 32.9 Å². The zero-order valence-electron chi connectivity index (χ0n) is 13.9. The van der Waals surface area contributed by atoms with Gasteiger partial charge in [0.05, 0.1) is 12.1 Å². The monoisotopic (exact) mass is 326 g/mol. The molecule has 24 heavy (non-hydrogen) atoms. The highest BCUT2D eigenvalue weighted by Gasteiger charge is 2.39. The molecule has 5 heteroatoms. The zero-order chi connectivity index (χ0) is 17.4. The van der Waals surface area contributed by atoms with Crippen LogP contribution in [0.4, 0.5) is 15.8 Å². The van der Waals surface area contributed by atoms with E-state index in [2.05, 4.69) is 5.32 Å². The average molecular weight is 326 g/mol. The fourth-order valence-electron chi connectivity index (χ4n) is 3.19. The number of hydrogen-bond acceptors (Lipinski definition) is 3. The molecule has 1 N–H and O–H groups in total. The van der Waals surface area contributed by atoms with E-state index in [0.29, 0.717) is 5.69 Å². The van der Waals surface area contributed by atoms with Crippen LogP contribution >= 0.6 is 0 Å². The van der Waals surface area contributed by atoms with Crippen molar-refractivity contribution in [3.63, 3.8) is 0 Å². The molecule has 1 aliphatic rings. The number of halogens is 1. The maximum Gasteiger partial charge on any atom is 0.256 e. The van der Waals surface area contributed by atoms with E-state index in [0.717, 1.165) is 27.3 Å². The van der Waals surface area contributed by atoms with Crippen molar-refractivity contribution in [2.24, 2.45) is 0 Å². The Labute approximate surface area is 140 Å². The maximum atomic E-state index is 13.1. The van der Waals surface area contributed by atoms with Crippen LogP contribution in [-0.2, 0) is 9.59 Å². The lowest BCUT2D eigenvalue weighted by Gasteiger charge is -2.19. The van der Waals surface area contributed by atoms with Gasteiger partial charge in [0, 0.05) is 5.69 Å². The van der Waals surface area contributed by atoms with Crippen LogP contribution in [0.5, 0.6) is 0 Å². The van der Waals surface area contributed by atoms with Gasteiger partial charge in [0.1, 0.15) is 11.9 Å². The fraction of sp³-hybridized carbons (Fsp3) is 0.263. The first kappa shape index (κ1) is 16.2. The SMILES string of the molecule is Cc1cc(C)c(N[C@@H]2CC(=O)N(c3ccc(F)cc3)C2=O)c(C)c1. The second kappa shape index (κ2) is 6.07. The lowest BCUT2D eigenvalue weighted by atomic mass is 10.0. The normalized spacial score (nSPS) is 17.5. The van der Waals surface area contributed by atoms with Gasteiger partial charge in [-0.3, -0.25) is 9.59 Å². The molecule has 0 saturated carbocycles. The van der Waals surface area contributed by atoms with Crippen LogP contribution in [0.25, 0.3) is 0 Å². The second-order valence-electron chi connectivity index (χ2n) is 6.22. The minimum atomic E-state index is -0.609. The van der Waals surface area contributed by atoms with E-state index < -0.39 is 11.9 Å². The predicted molar refractivity (Wildman–Crippen MR) is 91.6 cm³/mol. The van der Waals surface area contributed by atoms with E-state index in [4.69, 9.17) is 0 Å². The molecule has 2 amide bonds. The third kappa shape index (κ3) is 2.89. The molecule has 1 fully saturated rings. The van der Waals surface area contributed by atoms with Crippen molar-refractivity contribution in [2.45, 2.75) is 33.2 Å². The predicted octanol–water partition coefficient (Wildman–Crippen LogP) is 3.49. The van der Waals surface area contributed by atoms with Gasteiger partial charge in [-0.2, -0.15) is 0 Å². The summed E-state index contributed by atoms with van der Waals surface area (Å²) in [6.45, 7) is 5.97. The summed E-state index contributed by atoms with van der Waals surface area (Å²) in [5.41, 5.74) is 4.50. The number of benzene rings is 2. The number of hydrogen-bond donors (Lipinski definition) is 1. The molecule has 0 aromatic heterocycles. The maximum absolute atomic E-state index is 13.1. The van der Waals surface area contributed by atoms with Gasteiger partial charge in [0.15, 0.2) is 0 Å². The number of imide groups is 1. The van der Waals surface area contributed by atoms with Crippen molar-refractivity contribution in [1.82, 2.24) is 0 Å². The van der Waals surface area contributed by atoms with Crippen molar-refractivity contribution in [1.29, 1.82) is 0 Å². The number of anilines is 2. The lowest BCUT2D eigenvalue weighted by molar-refractivity contribution is -0.121. The third-order valence-electron chi connectivity index (χ3n) is 4.23. The van der Waals surface area contributed by atoms with Gasteiger partial charge < -0.3 is 5.32 Å². The average Bonchev–Trinajstić information content (AvgIpc) is 2.78. The highest BCUT2D eigenvalue weighted by molar-refractivity contribution is 6.23. The molecule has 0 aliphatic carbocycles. The topological polar surface area (TPSA) is 49.4 Å². The summed E-state index contributed by atoms with van der Waals surface area (Å²) in [6, 6.07) is 8.83. The molecule has 0 radical (unpaired) electrons. The minimum Gasteiger partial charge on any atom is -0.373 e. The molecular formula is C19H19FN2O2. The number of carbonyl (C=O) groups excluding carboxylic acids is 2. The number of nitrogens with zero attached hydrogens (tertiary/aromatic N) is 1. The van der Waals surface area contributed by atoms with Gasteiger partial charge in [-0.25, -0.2) is 9.29 Å². The summed E-state index contributed by atoms with van der Waals surface area (Å²) in [5, 5.41) is 3.21. The molecule has 2 aromatic rings. The Morgan fingerprint density at radius 2 is 1.62 bits per heavy atom. The molecule has 0 spiro atoms. The zero-order valence-corrected chi connectivity index (χ0v) is 13.9. The van der Waals surface area contributed by atoms with Gasteiger partial charge in [-0.15, -0.1) is 0 Å². The fourth-order valence-corrected chi connectivity index (χ4v) is 3.19. The molecule has 1 heterocycles. The Morgan fingerprint density at radius 1 is 1.04 bits per heavy atom. The highest BCUT2D eigenvalue weighted by Crippen LogP contribution is 2.28. The minimum absolute atomic E-state index is 0.0863. The van der Waals surface area contributed by atoms with Crippen LogP contribution < -0.4 is 10.2 Å². The number of nitrogens with one attached hydrogen (secondary N) is 1. The quantitative estimate of drug-likeness (QED) is 0.878. The molecule has 4 nitrogen and oxygen atoms in total. The molecule has 0 unspecified atom stereocenters. The molecule has 0 bridgehead atoms. The van der Waals surface area contributed by atoms with Gasteiger partial charge in [-0.05, 0) is 56.2 Å². The van der Waals surface area contributed by atoms with Crippen LogP contribution in [0.2, 0.25) is 0 Å². The highest BCUT2D eigenvalue weighted by atomic mass is 19.1. The summed E-state index contributed by atoms with van der Waals surface area (Å²) in [6.07, 6.45) is 0.0863. The summed E-state index contributed by atoms with van der Waals surface area (Å²) in [5.74, 6) is -1.00. The Morgan fingerprint density at radius 3 is 2.21 bits per heavy atom. The van der Waals surface area contributed by atoms with Crippen LogP contribution in [0, 0.1) is 26.6 Å². The Balaban J connectivity index is 1.86. The van der Waals surface area contributed by atoms with Gasteiger partial charge in [-0.1, -0.05) is 17.7 Å². The van der Waals surface area contributed by atoms with Gasteiger partial charge in [0.25, 0.3) is 5.91 Å². The first-order valence-corrected chi connectivity index (χ1v) is 7.83. The standard InChI is InChI=1S/C19H19FN2O2/c1-11-8-12(2)18(13(3)9-11)21-16-10-17(23)22(19(16)24)15-6-4-14(20)5-7-15/h4-9,16,21H,10H2,1-3H3/t16-/m1/s1. The molecule has 1 atom stereocenters. The lowest BCUT2D eigenvalue weighted by Crippen LogP contribution is -2.35. The van der Waals surface area contributed by atoms with Crippen molar-refractivity contribution >= 4 is 23.2 Å². The smallest absolute Gasteiger partial charge is 0.256 e. The molecule has 124 valence electrons. The number of aryl methyl sites for hydroxylation is 3. The molecular weight excluding hydrogens is 307 g/mol. The second-order valence-corrected chi connectivity index (χ2v) is 6.22. The number of carbonyl (C=O) groups is 2. The first-order valence-electron chi connectivity index (χ1n) is 7.83. The van der Waals surface area contributed by atoms with Crippen molar-refractivity contribution < 1.29 is 14.0 Å². The van der Waals surface area contributed by atoms with Gasteiger partial charge in [0.2, 0.25) is 5.91 Å². The van der Waals surface area contributed by atoms with E-state index in [1.165, 1.54) is 24.3 Å². The molecule has 1 aliphatic heterocycles. The molecule has 2 aromatic carbocycles. The van der Waals surface area contributed by atoms with Crippen molar-refractivity contribution in [2.75, 3.05) is 10.2 Å². The number of amides is 2. The summed E-state index contributed by atoms with van der Waals surface area (Å²) < 4.78 is 13.1. The Kier molecular flexibility index (Phi) is 4.09. The van der Waals surface area contributed by atoms with E-state index in [9.17, 15) is 14.0 Å².